The topological polar surface area (TPSA) is 121 Å². The molecule has 2 aliphatic heterocycles. The number of nitrogens with one attached hydrogen (secondary N) is 1. The van der Waals surface area contributed by atoms with Crippen LogP contribution >= 0.6 is 0 Å². The van der Waals surface area contributed by atoms with Crippen molar-refractivity contribution in [3.8, 4) is 11.5 Å². The molecule has 2 heterocycles. The van der Waals surface area contributed by atoms with Crippen molar-refractivity contribution in [3.63, 3.8) is 0 Å². The first-order chi connectivity index (χ1) is 11.9. The van der Waals surface area contributed by atoms with E-state index in [0.29, 0.717) is 18.9 Å². The van der Waals surface area contributed by atoms with Crippen molar-refractivity contribution >= 4 is 24.0 Å². The van der Waals surface area contributed by atoms with Crippen molar-refractivity contribution in [2.75, 3.05) is 25.3 Å². The van der Waals surface area contributed by atoms with Crippen molar-refractivity contribution in [1.82, 2.24) is 5.01 Å². The lowest BCUT2D eigenvalue weighted by Gasteiger charge is -2.19. The van der Waals surface area contributed by atoms with Gasteiger partial charge in [0.25, 0.3) is 0 Å². The minimum absolute atomic E-state index is 0.311. The van der Waals surface area contributed by atoms with Gasteiger partial charge in [-0.1, -0.05) is 0 Å². The smallest absolute Gasteiger partial charge is 0.328 e. The number of hydrazine groups is 1. The maximum absolute atomic E-state index is 9.55. The van der Waals surface area contributed by atoms with Gasteiger partial charge in [0.05, 0.1) is 18.8 Å². The van der Waals surface area contributed by atoms with Gasteiger partial charge < -0.3 is 19.7 Å². The summed E-state index contributed by atoms with van der Waals surface area (Å²) < 4.78 is 10.9. The van der Waals surface area contributed by atoms with Crippen molar-refractivity contribution in [3.05, 3.63) is 29.3 Å². The number of benzene rings is 1. The number of carbonyl (C=O) groups is 2. The predicted molar refractivity (Wildman–Crippen MR) is 90.1 cm³/mol. The summed E-state index contributed by atoms with van der Waals surface area (Å²) in [4.78, 5) is 23.3. The molecule has 0 fully saturated rings. The van der Waals surface area contributed by atoms with Crippen LogP contribution in [0.25, 0.3) is 0 Å². The molecule has 0 aliphatic carbocycles. The standard InChI is InChI=1S/C12H15N3O2.C4H4O4/c1-8-5-10(14-15-4-3-13-6-15)9(2)12-11(8)16-7-17-12;5-3(6)1-2-4(7)8/h5-6,14H,3-4,7H2,1-2H3;1-2H,(H,5,6)(H,7,8)/b;2-1+. The van der Waals surface area contributed by atoms with Crippen molar-refractivity contribution in [1.29, 1.82) is 0 Å². The first-order valence-corrected chi connectivity index (χ1v) is 7.45. The van der Waals surface area contributed by atoms with Gasteiger partial charge in [-0.15, -0.1) is 0 Å². The van der Waals surface area contributed by atoms with Crippen LogP contribution in [0.3, 0.4) is 0 Å². The first kappa shape index (κ1) is 18.1. The molecule has 3 N–H and O–H groups in total. The predicted octanol–water partition coefficient (Wildman–Crippen LogP) is 1.41. The summed E-state index contributed by atoms with van der Waals surface area (Å²) in [5, 5.41) is 17.6. The Hall–Kier alpha value is -3.23. The Morgan fingerprint density at radius 1 is 1.20 bits per heavy atom. The third-order valence-corrected chi connectivity index (χ3v) is 3.40. The van der Waals surface area contributed by atoms with Gasteiger partial charge >= 0.3 is 11.9 Å². The van der Waals surface area contributed by atoms with E-state index in [0.717, 1.165) is 41.4 Å². The summed E-state index contributed by atoms with van der Waals surface area (Å²) in [6.07, 6.45) is 2.93. The van der Waals surface area contributed by atoms with Crippen LogP contribution in [0.1, 0.15) is 11.1 Å². The van der Waals surface area contributed by atoms with E-state index in [1.165, 1.54) is 0 Å². The first-order valence-electron chi connectivity index (χ1n) is 7.45. The van der Waals surface area contributed by atoms with E-state index in [1.54, 1.807) is 0 Å². The Kier molecular flexibility index (Phi) is 5.83. The average Bonchev–Trinajstić information content (AvgIpc) is 3.22. The van der Waals surface area contributed by atoms with Gasteiger partial charge in [-0.25, -0.2) is 9.59 Å². The molecule has 25 heavy (non-hydrogen) atoms. The number of rotatable bonds is 4. The highest BCUT2D eigenvalue weighted by molar-refractivity contribution is 5.89. The van der Waals surface area contributed by atoms with Gasteiger partial charge in [-0.2, -0.15) is 0 Å². The van der Waals surface area contributed by atoms with Crippen molar-refractivity contribution < 1.29 is 29.3 Å². The minimum Gasteiger partial charge on any atom is -0.478 e. The summed E-state index contributed by atoms with van der Waals surface area (Å²) in [6.45, 7) is 6.10. The Bertz CT molecular complexity index is 713. The van der Waals surface area contributed by atoms with Crippen molar-refractivity contribution in [2.45, 2.75) is 13.8 Å². The zero-order chi connectivity index (χ0) is 18.4. The molecule has 1 aromatic rings. The van der Waals surface area contributed by atoms with E-state index in [1.807, 2.05) is 25.2 Å². The number of hydrogen-bond acceptors (Lipinski definition) is 7. The molecular weight excluding hydrogens is 330 g/mol. The number of aliphatic carboxylic acids is 2. The number of carboxylic acids is 2. The number of hydrogen-bond donors (Lipinski definition) is 3. The molecule has 0 aromatic heterocycles. The largest absolute Gasteiger partial charge is 0.478 e. The maximum Gasteiger partial charge on any atom is 0.328 e. The van der Waals surface area contributed by atoms with Crippen molar-refractivity contribution in [2.24, 2.45) is 4.99 Å². The molecular formula is C16H19N3O6. The molecule has 0 radical (unpaired) electrons. The van der Waals surface area contributed by atoms with E-state index in [4.69, 9.17) is 19.7 Å². The summed E-state index contributed by atoms with van der Waals surface area (Å²) in [7, 11) is 0. The van der Waals surface area contributed by atoms with E-state index < -0.39 is 11.9 Å². The Labute approximate surface area is 144 Å². The molecule has 0 atom stereocenters. The molecule has 9 nitrogen and oxygen atoms in total. The van der Waals surface area contributed by atoms with E-state index >= 15 is 0 Å². The Morgan fingerprint density at radius 2 is 1.84 bits per heavy atom. The number of carboxylic acid groups (broad SMARTS) is 2. The second kappa shape index (κ2) is 8.04. The molecule has 0 amide bonds. The van der Waals surface area contributed by atoms with Gasteiger partial charge in [-0.05, 0) is 25.5 Å². The van der Waals surface area contributed by atoms with Crippen LogP contribution in [0.15, 0.2) is 23.2 Å². The molecule has 0 saturated carbocycles. The van der Waals surface area contributed by atoms with Crippen LogP contribution in [-0.4, -0.2) is 53.4 Å². The van der Waals surface area contributed by atoms with Crippen LogP contribution in [0, 0.1) is 13.8 Å². The fourth-order valence-electron chi connectivity index (χ4n) is 2.24. The van der Waals surface area contributed by atoms with E-state index in [-0.39, 0.29) is 0 Å². The highest BCUT2D eigenvalue weighted by Crippen LogP contribution is 2.42. The lowest BCUT2D eigenvalue weighted by molar-refractivity contribution is -0.134. The van der Waals surface area contributed by atoms with Crippen LogP contribution in [-0.2, 0) is 9.59 Å². The summed E-state index contributed by atoms with van der Waals surface area (Å²) in [5.74, 6) is -0.799. The molecule has 0 spiro atoms. The van der Waals surface area contributed by atoms with Gasteiger partial charge in [0, 0.05) is 17.7 Å². The monoisotopic (exact) mass is 349 g/mol. The highest BCUT2D eigenvalue weighted by Gasteiger charge is 2.22. The normalized spacial score (nSPS) is 14.4. The molecule has 1 aromatic carbocycles. The third-order valence-electron chi connectivity index (χ3n) is 3.40. The van der Waals surface area contributed by atoms with Gasteiger partial charge in [0.15, 0.2) is 11.5 Å². The average molecular weight is 349 g/mol. The molecule has 0 saturated heterocycles. The molecule has 0 unspecified atom stereocenters. The zero-order valence-electron chi connectivity index (χ0n) is 13.9. The van der Waals surface area contributed by atoms with Gasteiger partial charge in [0.1, 0.15) is 6.34 Å². The van der Waals surface area contributed by atoms with E-state index in [2.05, 4.69) is 16.5 Å². The van der Waals surface area contributed by atoms with Gasteiger partial charge in [0.2, 0.25) is 6.79 Å². The quantitative estimate of drug-likeness (QED) is 0.698. The molecule has 0 bridgehead atoms. The van der Waals surface area contributed by atoms with Gasteiger partial charge in [-0.3, -0.25) is 15.4 Å². The summed E-state index contributed by atoms with van der Waals surface area (Å²) in [6, 6.07) is 2.08. The summed E-state index contributed by atoms with van der Waals surface area (Å²) >= 11 is 0. The fraction of sp³-hybridized carbons (Fsp3) is 0.312. The lowest BCUT2D eigenvalue weighted by Crippen LogP contribution is -2.26. The molecule has 3 rings (SSSR count). The number of nitrogens with zero attached hydrogens (tertiary/aromatic N) is 2. The van der Waals surface area contributed by atoms with Crippen LogP contribution in [0.2, 0.25) is 0 Å². The number of anilines is 1. The van der Waals surface area contributed by atoms with Crippen LogP contribution in [0.4, 0.5) is 5.69 Å². The fourth-order valence-corrected chi connectivity index (χ4v) is 2.24. The summed E-state index contributed by atoms with van der Waals surface area (Å²) in [5.41, 5.74) is 6.53. The second-order valence-corrected chi connectivity index (χ2v) is 5.27. The molecule has 9 heteroatoms. The zero-order valence-corrected chi connectivity index (χ0v) is 13.9. The third kappa shape index (κ3) is 4.87. The number of ether oxygens (including phenoxy) is 2. The van der Waals surface area contributed by atoms with Crippen LogP contribution in [0.5, 0.6) is 11.5 Å². The number of fused-ring (bicyclic) bond motifs is 1. The number of aryl methyl sites for hydroxylation is 1. The second-order valence-electron chi connectivity index (χ2n) is 5.27. The maximum atomic E-state index is 9.55. The van der Waals surface area contributed by atoms with E-state index in [9.17, 15) is 9.59 Å². The van der Waals surface area contributed by atoms with Crippen LogP contribution < -0.4 is 14.9 Å². The lowest BCUT2D eigenvalue weighted by atomic mass is 10.1. The number of aliphatic imine (C=N–C) groups is 1. The Morgan fingerprint density at radius 3 is 2.40 bits per heavy atom. The molecule has 134 valence electrons. The highest BCUT2D eigenvalue weighted by atomic mass is 16.7. The minimum atomic E-state index is -1.26. The molecule has 2 aliphatic rings. The Balaban J connectivity index is 0.000000242. The SMILES string of the molecule is Cc1cc(NN2C=NCC2)c(C)c2c1OCO2.O=C(O)/C=C/C(=O)O.